The normalized spacial score (nSPS) is 11.1. The number of rotatable bonds is 2. The van der Waals surface area contributed by atoms with E-state index in [0.717, 1.165) is 0 Å². The van der Waals surface area contributed by atoms with Crippen LogP contribution in [0.5, 0.6) is 0 Å². The predicted octanol–water partition coefficient (Wildman–Crippen LogP) is 2.63. The average molecular weight is 258 g/mol. The van der Waals surface area contributed by atoms with Gasteiger partial charge in [0, 0.05) is 11.5 Å². The Bertz CT molecular complexity index is 468. The summed E-state index contributed by atoms with van der Waals surface area (Å²) in [6.07, 6.45) is 0. The van der Waals surface area contributed by atoms with Gasteiger partial charge >= 0.3 is 5.69 Å². The number of aromatic nitrogens is 1. The fourth-order valence-corrected chi connectivity index (χ4v) is 1.11. The summed E-state index contributed by atoms with van der Waals surface area (Å²) < 4.78 is 0. The number of hydrogen-bond acceptors (Lipinski definition) is 4. The summed E-state index contributed by atoms with van der Waals surface area (Å²) in [7, 11) is 0. The highest BCUT2D eigenvalue weighted by Gasteiger charge is 2.25. The van der Waals surface area contributed by atoms with Crippen LogP contribution in [0.25, 0.3) is 0 Å². The highest BCUT2D eigenvalue weighted by atomic mass is 35.5. The number of nitrogens with zero attached hydrogens (tertiary/aromatic N) is 2. The summed E-state index contributed by atoms with van der Waals surface area (Å²) in [6.45, 7) is 5.08. The van der Waals surface area contributed by atoms with E-state index in [-0.39, 0.29) is 22.6 Å². The molecule has 7 heteroatoms. The number of halogens is 1. The first-order chi connectivity index (χ1) is 7.71. The first-order valence-corrected chi connectivity index (χ1v) is 5.22. The van der Waals surface area contributed by atoms with E-state index < -0.39 is 10.3 Å². The van der Waals surface area contributed by atoms with E-state index >= 15 is 0 Å². The standard InChI is InChI=1S/C10H12ClN3O3/c1-10(2,3)9(15)13-8-6(14(16)17)4-5-7(11)12-8/h4-5H,1-3H3,(H,12,13,15). The zero-order valence-corrected chi connectivity index (χ0v) is 10.4. The van der Waals surface area contributed by atoms with Crippen LogP contribution in [-0.4, -0.2) is 15.8 Å². The Labute approximate surface area is 103 Å². The lowest BCUT2D eigenvalue weighted by Crippen LogP contribution is -2.28. The molecule has 1 heterocycles. The summed E-state index contributed by atoms with van der Waals surface area (Å²) in [5, 5.41) is 13.2. The Hall–Kier alpha value is -1.69. The maximum atomic E-state index is 11.7. The molecular weight excluding hydrogens is 246 g/mol. The summed E-state index contributed by atoms with van der Waals surface area (Å²) in [6, 6.07) is 2.50. The summed E-state index contributed by atoms with van der Waals surface area (Å²) >= 11 is 5.63. The SMILES string of the molecule is CC(C)(C)C(=O)Nc1nc(Cl)ccc1[N+](=O)[O-]. The summed E-state index contributed by atoms with van der Waals surface area (Å²) in [5.74, 6) is -0.502. The lowest BCUT2D eigenvalue weighted by molar-refractivity contribution is -0.384. The maximum absolute atomic E-state index is 11.7. The third-order valence-electron chi connectivity index (χ3n) is 1.95. The summed E-state index contributed by atoms with van der Waals surface area (Å²) in [5.41, 5.74) is -0.954. The molecule has 0 aliphatic heterocycles. The number of carbonyl (C=O) groups is 1. The Morgan fingerprint density at radius 2 is 2.06 bits per heavy atom. The molecule has 0 aliphatic carbocycles. The van der Waals surface area contributed by atoms with Crippen molar-refractivity contribution in [1.29, 1.82) is 0 Å². The van der Waals surface area contributed by atoms with Crippen LogP contribution in [0, 0.1) is 15.5 Å². The van der Waals surface area contributed by atoms with Crippen molar-refractivity contribution >= 4 is 29.0 Å². The summed E-state index contributed by atoms with van der Waals surface area (Å²) in [4.78, 5) is 25.6. The molecule has 0 saturated carbocycles. The molecule has 1 amide bonds. The van der Waals surface area contributed by atoms with Crippen LogP contribution in [0.3, 0.4) is 0 Å². The fourth-order valence-electron chi connectivity index (χ4n) is 0.962. The van der Waals surface area contributed by atoms with Crippen molar-refractivity contribution in [2.75, 3.05) is 5.32 Å². The second kappa shape index (κ2) is 4.67. The number of nitrogens with one attached hydrogen (secondary N) is 1. The minimum absolute atomic E-state index is 0.0832. The van der Waals surface area contributed by atoms with E-state index in [1.807, 2.05) is 0 Å². The second-order valence-corrected chi connectivity index (χ2v) is 4.85. The predicted molar refractivity (Wildman–Crippen MR) is 64.0 cm³/mol. The second-order valence-electron chi connectivity index (χ2n) is 4.46. The van der Waals surface area contributed by atoms with Crippen LogP contribution in [0.2, 0.25) is 5.15 Å². The quantitative estimate of drug-likeness (QED) is 0.501. The number of carbonyl (C=O) groups excluding carboxylic acids is 1. The van der Waals surface area contributed by atoms with Gasteiger partial charge < -0.3 is 5.32 Å². The van der Waals surface area contributed by atoms with Crippen molar-refractivity contribution in [1.82, 2.24) is 4.98 Å². The molecule has 0 radical (unpaired) electrons. The fraction of sp³-hybridized carbons (Fsp3) is 0.400. The Kier molecular flexibility index (Phi) is 3.67. The van der Waals surface area contributed by atoms with Crippen molar-refractivity contribution in [3.63, 3.8) is 0 Å². The Morgan fingerprint density at radius 1 is 1.47 bits per heavy atom. The zero-order valence-electron chi connectivity index (χ0n) is 9.65. The van der Waals surface area contributed by atoms with Crippen LogP contribution < -0.4 is 5.32 Å². The van der Waals surface area contributed by atoms with Crippen LogP contribution >= 0.6 is 11.6 Å². The van der Waals surface area contributed by atoms with E-state index in [2.05, 4.69) is 10.3 Å². The van der Waals surface area contributed by atoms with E-state index in [9.17, 15) is 14.9 Å². The van der Waals surface area contributed by atoms with E-state index in [0.29, 0.717) is 0 Å². The molecule has 0 bridgehead atoms. The van der Waals surface area contributed by atoms with Crippen molar-refractivity contribution in [2.45, 2.75) is 20.8 Å². The van der Waals surface area contributed by atoms with Gasteiger partial charge in [0.2, 0.25) is 11.7 Å². The van der Waals surface area contributed by atoms with E-state index in [4.69, 9.17) is 11.6 Å². The van der Waals surface area contributed by atoms with Crippen LogP contribution in [0.1, 0.15) is 20.8 Å². The van der Waals surface area contributed by atoms with Crippen molar-refractivity contribution in [3.05, 3.63) is 27.4 Å². The minimum atomic E-state index is -0.669. The Balaban J connectivity index is 3.09. The molecule has 1 aromatic heterocycles. The number of anilines is 1. The lowest BCUT2D eigenvalue weighted by atomic mass is 9.96. The van der Waals surface area contributed by atoms with Gasteiger partial charge in [-0.05, 0) is 6.07 Å². The Morgan fingerprint density at radius 3 is 2.53 bits per heavy atom. The molecule has 0 unspecified atom stereocenters. The van der Waals surface area contributed by atoms with Gasteiger partial charge in [0.05, 0.1) is 4.92 Å². The lowest BCUT2D eigenvalue weighted by Gasteiger charge is -2.17. The van der Waals surface area contributed by atoms with E-state index in [1.54, 1.807) is 20.8 Å². The van der Waals surface area contributed by atoms with Gasteiger partial charge in [0.15, 0.2) is 0 Å². The highest BCUT2D eigenvalue weighted by molar-refractivity contribution is 6.29. The molecule has 1 rings (SSSR count). The van der Waals surface area contributed by atoms with Crippen molar-refractivity contribution < 1.29 is 9.72 Å². The van der Waals surface area contributed by atoms with Crippen molar-refractivity contribution in [2.24, 2.45) is 5.41 Å². The highest BCUT2D eigenvalue weighted by Crippen LogP contribution is 2.26. The van der Waals surface area contributed by atoms with Gasteiger partial charge in [0.25, 0.3) is 0 Å². The first-order valence-electron chi connectivity index (χ1n) is 4.84. The molecule has 6 nitrogen and oxygen atoms in total. The van der Waals surface area contributed by atoms with Gasteiger partial charge in [-0.3, -0.25) is 14.9 Å². The number of hydrogen-bond donors (Lipinski definition) is 1. The largest absolute Gasteiger partial charge is 0.311 e. The van der Waals surface area contributed by atoms with Gasteiger partial charge in [-0.25, -0.2) is 4.98 Å². The molecule has 0 spiro atoms. The van der Waals surface area contributed by atoms with Gasteiger partial charge in [-0.15, -0.1) is 0 Å². The number of amides is 1. The monoisotopic (exact) mass is 257 g/mol. The maximum Gasteiger partial charge on any atom is 0.311 e. The topological polar surface area (TPSA) is 85.1 Å². The molecule has 0 aliphatic rings. The number of pyridine rings is 1. The molecule has 0 saturated heterocycles. The van der Waals surface area contributed by atoms with Crippen molar-refractivity contribution in [3.8, 4) is 0 Å². The van der Waals surface area contributed by atoms with E-state index in [1.165, 1.54) is 12.1 Å². The molecule has 0 fully saturated rings. The average Bonchev–Trinajstić information content (AvgIpc) is 2.15. The molecule has 1 aromatic rings. The first kappa shape index (κ1) is 13.4. The molecule has 0 atom stereocenters. The van der Waals surface area contributed by atoms with Crippen LogP contribution in [-0.2, 0) is 4.79 Å². The molecule has 1 N–H and O–H groups in total. The van der Waals surface area contributed by atoms with Crippen LogP contribution in [0.15, 0.2) is 12.1 Å². The van der Waals surface area contributed by atoms with Gasteiger partial charge in [0.1, 0.15) is 5.15 Å². The molecule has 92 valence electrons. The third kappa shape index (κ3) is 3.39. The smallest absolute Gasteiger partial charge is 0.304 e. The zero-order chi connectivity index (χ0) is 13.2. The van der Waals surface area contributed by atoms with Gasteiger partial charge in [-0.2, -0.15) is 0 Å². The minimum Gasteiger partial charge on any atom is -0.304 e. The number of nitro groups is 1. The molecular formula is C10H12ClN3O3. The third-order valence-corrected chi connectivity index (χ3v) is 2.16. The van der Waals surface area contributed by atoms with Gasteiger partial charge in [-0.1, -0.05) is 32.4 Å². The molecule has 0 aromatic carbocycles. The molecule has 17 heavy (non-hydrogen) atoms. The van der Waals surface area contributed by atoms with Crippen LogP contribution in [0.4, 0.5) is 11.5 Å².